The van der Waals surface area contributed by atoms with Crippen LogP contribution in [0.15, 0.2) is 36.7 Å². The van der Waals surface area contributed by atoms with E-state index in [4.69, 9.17) is 16.3 Å². The van der Waals surface area contributed by atoms with Crippen molar-refractivity contribution >= 4 is 22.5 Å². The van der Waals surface area contributed by atoms with Crippen LogP contribution in [0.3, 0.4) is 0 Å². The van der Waals surface area contributed by atoms with E-state index in [-0.39, 0.29) is 34.9 Å². The molecule has 1 saturated heterocycles. The molecule has 0 bridgehead atoms. The number of rotatable bonds is 7. The smallest absolute Gasteiger partial charge is 0.248 e. The Balaban J connectivity index is 1.52. The molecule has 3 aromatic rings. The minimum absolute atomic E-state index is 0.00191. The zero-order chi connectivity index (χ0) is 30.4. The van der Waals surface area contributed by atoms with Gasteiger partial charge in [-0.05, 0) is 43.5 Å². The van der Waals surface area contributed by atoms with Gasteiger partial charge in [0.1, 0.15) is 11.7 Å². The third-order valence-corrected chi connectivity index (χ3v) is 12.3. The Labute approximate surface area is 248 Å². The van der Waals surface area contributed by atoms with Crippen LogP contribution in [0.4, 0.5) is 17.6 Å². The van der Waals surface area contributed by atoms with E-state index in [1.807, 2.05) is 13.0 Å². The third kappa shape index (κ3) is 5.67. The number of aliphatic hydroxyl groups is 3. The topological polar surface area (TPSA) is 114 Å². The zero-order valence-electron chi connectivity index (χ0n) is 23.0. The largest absolute Gasteiger partial charge is 0.395 e. The summed E-state index contributed by atoms with van der Waals surface area (Å²) in [5.74, 6) is -5.05. The van der Waals surface area contributed by atoms with Crippen LogP contribution in [0.5, 0.6) is 0 Å². The molecule has 0 amide bonds. The number of benzene rings is 1. The molecule has 3 heterocycles. The van der Waals surface area contributed by atoms with Crippen LogP contribution in [-0.2, 0) is 4.74 Å². The molecule has 1 saturated carbocycles. The Morgan fingerprint density at radius 2 is 1.88 bits per heavy atom. The highest BCUT2D eigenvalue weighted by Crippen LogP contribution is 2.61. The lowest BCUT2D eigenvalue weighted by Crippen LogP contribution is -2.54. The number of aromatic nitrogens is 4. The normalized spacial score (nSPS) is 28.9. The summed E-state index contributed by atoms with van der Waals surface area (Å²) in [6.45, 7) is 1.36. The second kappa shape index (κ2) is 12.0. The first kappa shape index (κ1) is 31.1. The first-order valence-corrected chi connectivity index (χ1v) is 15.6. The van der Waals surface area contributed by atoms with Crippen LogP contribution < -0.4 is 0 Å². The molecule has 5 rings (SSSR count). The zero-order valence-corrected chi connectivity index (χ0v) is 24.6. The fraction of sp³-hybridized carbons (Fsp3) is 0.536. The van der Waals surface area contributed by atoms with Crippen LogP contribution in [0.25, 0.3) is 11.3 Å². The molecule has 230 valence electrons. The maximum Gasteiger partial charge on any atom is 0.248 e. The summed E-state index contributed by atoms with van der Waals surface area (Å²) in [7, 11) is -0.0687. The maximum atomic E-state index is 14.6. The number of nitrogens with zero attached hydrogens (tertiary/aromatic N) is 4. The van der Waals surface area contributed by atoms with Gasteiger partial charge in [0.15, 0.2) is 11.6 Å². The molecular weight excluding hydrogens is 600 g/mol. The average molecular weight is 633 g/mol. The number of aliphatic hydroxyl groups excluding tert-OH is 2. The van der Waals surface area contributed by atoms with E-state index in [9.17, 15) is 32.9 Å². The van der Waals surface area contributed by atoms with Gasteiger partial charge in [-0.2, -0.15) is 0 Å². The van der Waals surface area contributed by atoms with Gasteiger partial charge in [0.2, 0.25) is 5.92 Å². The lowest BCUT2D eigenvalue weighted by atomic mass is 9.79. The minimum Gasteiger partial charge on any atom is -0.395 e. The average Bonchev–Trinajstić information content (AvgIpc) is 3.44. The second-order valence-electron chi connectivity index (χ2n) is 11.1. The minimum atomic E-state index is -2.89. The van der Waals surface area contributed by atoms with E-state index >= 15 is 0 Å². The predicted molar refractivity (Wildman–Crippen MR) is 151 cm³/mol. The van der Waals surface area contributed by atoms with Gasteiger partial charge < -0.3 is 20.1 Å². The molecular formula is C28H33ClF4N4O4S. The van der Waals surface area contributed by atoms with E-state index in [1.165, 1.54) is 30.1 Å². The van der Waals surface area contributed by atoms with Crippen molar-refractivity contribution < 1.29 is 37.6 Å². The van der Waals surface area contributed by atoms with Gasteiger partial charge in [0.05, 0.1) is 46.6 Å². The summed E-state index contributed by atoms with van der Waals surface area (Å²) in [6, 6.07) is 5.15. The fourth-order valence-corrected chi connectivity index (χ4v) is 10.3. The highest BCUT2D eigenvalue weighted by molar-refractivity contribution is 8.18. The molecule has 1 aliphatic heterocycles. The van der Waals surface area contributed by atoms with Crippen LogP contribution in [0.2, 0.25) is 5.02 Å². The summed E-state index contributed by atoms with van der Waals surface area (Å²) >= 11 is 5.68. The van der Waals surface area contributed by atoms with Crippen LogP contribution >= 0.6 is 22.5 Å². The van der Waals surface area contributed by atoms with Crippen molar-refractivity contribution in [2.75, 3.05) is 19.5 Å². The lowest BCUT2D eigenvalue weighted by Gasteiger charge is -2.53. The molecule has 1 aromatic carbocycles. The van der Waals surface area contributed by atoms with Crippen molar-refractivity contribution in [3.8, 4) is 11.3 Å². The van der Waals surface area contributed by atoms with E-state index in [2.05, 4.69) is 15.3 Å². The van der Waals surface area contributed by atoms with Gasteiger partial charge in [0.25, 0.3) is 0 Å². The fourth-order valence-electron chi connectivity index (χ4n) is 6.24. The van der Waals surface area contributed by atoms with Crippen LogP contribution in [0.1, 0.15) is 48.2 Å². The van der Waals surface area contributed by atoms with Gasteiger partial charge >= 0.3 is 0 Å². The van der Waals surface area contributed by atoms with Crippen molar-refractivity contribution in [2.45, 2.75) is 72.9 Å². The predicted octanol–water partition coefficient (Wildman–Crippen LogP) is 4.55. The number of ether oxygens (including phenoxy) is 1. The summed E-state index contributed by atoms with van der Waals surface area (Å²) in [5.41, 5.74) is -0.417. The van der Waals surface area contributed by atoms with Crippen LogP contribution in [-0.4, -0.2) is 83.7 Å². The number of thiol groups is 1. The van der Waals surface area contributed by atoms with Crippen LogP contribution in [0, 0.1) is 18.6 Å². The molecule has 3 N–H and O–H groups in total. The number of hydrogen-bond acceptors (Lipinski definition) is 7. The molecule has 14 heteroatoms. The molecule has 2 fully saturated rings. The molecule has 0 radical (unpaired) electrons. The van der Waals surface area contributed by atoms with Crippen molar-refractivity contribution in [1.29, 1.82) is 0 Å². The standard InChI is InChI=1S/C28H33ClF4N4O4S/c1-15-4-3-11-34-23(15)26(27(40)7-9-28(32,33)10-8-27)42-14-19(41-2)24(25(39)20(42)13-38)37-12-18(35-36-37)16-5-6-17(29)22(31)21(16)30/h3-6,11-12,19-20,24-26,38-40,42H,7-10,13-14H2,1-2H3/t19-,20+,24+,25-,26?/m0/s1. The lowest BCUT2D eigenvalue weighted by molar-refractivity contribution is -0.105. The molecule has 0 spiro atoms. The Morgan fingerprint density at radius 3 is 2.52 bits per heavy atom. The van der Waals surface area contributed by atoms with Crippen molar-refractivity contribution in [2.24, 2.45) is 0 Å². The molecule has 8 nitrogen and oxygen atoms in total. The summed E-state index contributed by atoms with van der Waals surface area (Å²) in [4.78, 5) is 4.55. The molecule has 6 atom stereocenters. The Morgan fingerprint density at radius 1 is 1.17 bits per heavy atom. The summed E-state index contributed by atoms with van der Waals surface area (Å²) < 4.78 is 64.2. The Hall–Kier alpha value is -2.29. The summed E-state index contributed by atoms with van der Waals surface area (Å²) in [5, 5.41) is 40.4. The number of halogens is 5. The number of aryl methyl sites for hydroxylation is 1. The first-order valence-electron chi connectivity index (χ1n) is 13.6. The van der Waals surface area contributed by atoms with Crippen molar-refractivity contribution in [1.82, 2.24) is 20.0 Å². The summed E-state index contributed by atoms with van der Waals surface area (Å²) in [6.07, 6.45) is -0.356. The molecule has 2 aromatic heterocycles. The molecule has 2 unspecified atom stereocenters. The van der Waals surface area contributed by atoms with Gasteiger partial charge in [-0.1, -0.05) is 22.9 Å². The number of hydrogen-bond donors (Lipinski definition) is 4. The quantitative estimate of drug-likeness (QED) is 0.172. The number of alkyl halides is 2. The van der Waals surface area contributed by atoms with Gasteiger partial charge in [-0.3, -0.25) is 4.98 Å². The molecule has 2 aliphatic rings. The highest BCUT2D eigenvalue weighted by atomic mass is 35.5. The SMILES string of the molecule is CO[C@H]1C[SH](C(c2ncccc2C)C2(O)CCC(F)(F)CC2)[C@H](CO)[C@H](O)[C@@H]1n1cc(-c2ccc(Cl)c(F)c2F)nn1. The van der Waals surface area contributed by atoms with E-state index in [1.54, 1.807) is 12.3 Å². The van der Waals surface area contributed by atoms with Crippen molar-refractivity contribution in [3.63, 3.8) is 0 Å². The maximum absolute atomic E-state index is 14.6. The Kier molecular flexibility index (Phi) is 8.90. The monoisotopic (exact) mass is 632 g/mol. The number of pyridine rings is 1. The first-order chi connectivity index (χ1) is 19.9. The van der Waals surface area contributed by atoms with E-state index in [0.717, 1.165) is 5.56 Å². The van der Waals surface area contributed by atoms with Crippen molar-refractivity contribution in [3.05, 3.63) is 64.6 Å². The van der Waals surface area contributed by atoms with E-state index < -0.39 is 82.3 Å². The number of methoxy groups -OCH3 is 1. The third-order valence-electron chi connectivity index (χ3n) is 8.56. The second-order valence-corrected chi connectivity index (χ2v) is 14.1. The highest BCUT2D eigenvalue weighted by Gasteiger charge is 2.54. The van der Waals surface area contributed by atoms with E-state index in [0.29, 0.717) is 5.69 Å². The van der Waals surface area contributed by atoms with Gasteiger partial charge in [-0.15, -0.1) is 5.10 Å². The molecule has 42 heavy (non-hydrogen) atoms. The molecule has 1 aliphatic carbocycles. The van der Waals surface area contributed by atoms with Gasteiger partial charge in [-0.25, -0.2) is 33.1 Å². The van der Waals surface area contributed by atoms with Gasteiger partial charge in [0, 0.05) is 42.7 Å². The Bertz CT molecular complexity index is 1420.